The molecule has 8 heteroatoms. The number of fused-ring (bicyclic) bond motifs is 1. The summed E-state index contributed by atoms with van der Waals surface area (Å²) in [7, 11) is 1.63. The third-order valence-corrected chi connectivity index (χ3v) is 6.61. The number of piperidine rings is 1. The number of nitrogens with zero attached hydrogens (tertiary/aromatic N) is 3. The summed E-state index contributed by atoms with van der Waals surface area (Å²) < 4.78 is 7.16. The number of rotatable bonds is 7. The summed E-state index contributed by atoms with van der Waals surface area (Å²) >= 11 is 1.57. The lowest BCUT2D eigenvalue weighted by atomic mass is 9.93. The summed E-state index contributed by atoms with van der Waals surface area (Å²) in [5.74, 6) is 1.26. The van der Waals surface area contributed by atoms with E-state index >= 15 is 0 Å². The van der Waals surface area contributed by atoms with Crippen molar-refractivity contribution < 1.29 is 14.3 Å². The van der Waals surface area contributed by atoms with Crippen molar-refractivity contribution in [3.05, 3.63) is 47.2 Å². The lowest BCUT2D eigenvalue weighted by molar-refractivity contribution is -0.132. The number of amides is 2. The number of aromatic nitrogens is 2. The Bertz CT molecular complexity index is 1050. The number of ether oxygens (including phenoxy) is 1. The first-order chi connectivity index (χ1) is 15.0. The highest BCUT2D eigenvalue weighted by Gasteiger charge is 2.24. The molecule has 1 saturated heterocycles. The molecule has 1 aliphatic heterocycles. The molecule has 0 aliphatic carbocycles. The highest BCUT2D eigenvalue weighted by atomic mass is 32.1. The molecule has 1 aliphatic rings. The second-order valence-corrected chi connectivity index (χ2v) is 8.99. The van der Waals surface area contributed by atoms with Gasteiger partial charge in [-0.3, -0.25) is 14.0 Å². The molecule has 2 aromatic heterocycles. The molecule has 1 N–H and O–H groups in total. The van der Waals surface area contributed by atoms with Crippen LogP contribution < -0.4 is 10.1 Å². The lowest BCUT2D eigenvalue weighted by Crippen LogP contribution is -2.41. The molecule has 0 bridgehead atoms. The van der Waals surface area contributed by atoms with Gasteiger partial charge < -0.3 is 15.0 Å². The predicted octanol–water partition coefficient (Wildman–Crippen LogP) is 3.91. The van der Waals surface area contributed by atoms with Gasteiger partial charge in [0.25, 0.3) is 0 Å². The molecule has 1 unspecified atom stereocenters. The summed E-state index contributed by atoms with van der Waals surface area (Å²) in [4.78, 5) is 32.6. The molecule has 1 aromatic carbocycles. The summed E-state index contributed by atoms with van der Waals surface area (Å²) in [6.45, 7) is 3.46. The van der Waals surface area contributed by atoms with Gasteiger partial charge in [-0.15, -0.1) is 11.3 Å². The third-order valence-electron chi connectivity index (χ3n) is 5.83. The van der Waals surface area contributed by atoms with Crippen LogP contribution in [0.5, 0.6) is 5.75 Å². The SMILES string of the molecule is COc1ccc(NC(=O)CCC2CCCN(C(=O)Cc3cn4ccsc4n3)C2)c(C)c1. The van der Waals surface area contributed by atoms with Crippen molar-refractivity contribution in [3.63, 3.8) is 0 Å². The van der Waals surface area contributed by atoms with E-state index in [2.05, 4.69) is 10.3 Å². The zero-order chi connectivity index (χ0) is 21.8. The van der Waals surface area contributed by atoms with Crippen molar-refractivity contribution >= 4 is 33.8 Å². The van der Waals surface area contributed by atoms with Gasteiger partial charge in [-0.05, 0) is 55.9 Å². The number of thiazole rings is 1. The monoisotopic (exact) mass is 440 g/mol. The van der Waals surface area contributed by atoms with Crippen LogP contribution >= 0.6 is 11.3 Å². The number of aryl methyl sites for hydroxylation is 1. The number of hydrogen-bond acceptors (Lipinski definition) is 5. The Kier molecular flexibility index (Phi) is 6.56. The van der Waals surface area contributed by atoms with Crippen molar-refractivity contribution in [1.82, 2.24) is 14.3 Å². The van der Waals surface area contributed by atoms with Gasteiger partial charge in [-0.1, -0.05) is 0 Å². The first-order valence-electron chi connectivity index (χ1n) is 10.6. The molecule has 0 radical (unpaired) electrons. The Hall–Kier alpha value is -2.87. The van der Waals surface area contributed by atoms with Crippen LogP contribution in [0.3, 0.4) is 0 Å². The number of carbonyl (C=O) groups is 2. The van der Waals surface area contributed by atoms with E-state index < -0.39 is 0 Å². The standard InChI is InChI=1S/C23H28N4O3S/c1-16-12-19(30-2)6-7-20(16)25-21(28)8-5-17-4-3-9-26(14-17)22(29)13-18-15-27-10-11-31-23(27)24-18/h6-7,10-12,15,17H,3-5,8-9,13-14H2,1-2H3,(H,25,28). The maximum atomic E-state index is 12.8. The van der Waals surface area contributed by atoms with Gasteiger partial charge >= 0.3 is 0 Å². The normalized spacial score (nSPS) is 16.5. The first-order valence-corrected chi connectivity index (χ1v) is 11.5. The lowest BCUT2D eigenvalue weighted by Gasteiger charge is -2.32. The minimum absolute atomic E-state index is 0.00907. The van der Waals surface area contributed by atoms with Crippen molar-refractivity contribution in [1.29, 1.82) is 0 Å². The molecule has 1 atom stereocenters. The number of likely N-dealkylation sites (tertiary alicyclic amines) is 1. The maximum Gasteiger partial charge on any atom is 0.228 e. The molecular weight excluding hydrogens is 412 g/mol. The second kappa shape index (κ2) is 9.51. The van der Waals surface area contributed by atoms with Crippen molar-refractivity contribution in [3.8, 4) is 5.75 Å². The molecule has 0 saturated carbocycles. The molecule has 1 fully saturated rings. The third kappa shape index (κ3) is 5.25. The largest absolute Gasteiger partial charge is 0.497 e. The van der Waals surface area contributed by atoms with Gasteiger partial charge in [-0.2, -0.15) is 0 Å². The fraction of sp³-hybridized carbons (Fsp3) is 0.435. The van der Waals surface area contributed by atoms with Crippen LogP contribution in [0, 0.1) is 12.8 Å². The van der Waals surface area contributed by atoms with Gasteiger partial charge in [0.1, 0.15) is 5.75 Å². The van der Waals surface area contributed by atoms with Crippen LogP contribution in [0.25, 0.3) is 4.96 Å². The molecule has 2 amide bonds. The highest BCUT2D eigenvalue weighted by molar-refractivity contribution is 7.15. The second-order valence-electron chi connectivity index (χ2n) is 8.12. The van der Waals surface area contributed by atoms with Crippen LogP contribution in [-0.2, 0) is 16.0 Å². The zero-order valence-electron chi connectivity index (χ0n) is 18.0. The van der Waals surface area contributed by atoms with Crippen molar-refractivity contribution in [2.45, 2.75) is 39.0 Å². The van der Waals surface area contributed by atoms with E-state index in [0.717, 1.165) is 60.0 Å². The van der Waals surface area contributed by atoms with Crippen LogP contribution in [0.1, 0.15) is 36.9 Å². The first kappa shape index (κ1) is 21.4. The molecule has 0 spiro atoms. The van der Waals surface area contributed by atoms with E-state index in [-0.39, 0.29) is 11.8 Å². The van der Waals surface area contributed by atoms with Gasteiger partial charge in [0.05, 0.1) is 19.2 Å². The van der Waals surface area contributed by atoms with E-state index in [9.17, 15) is 9.59 Å². The summed E-state index contributed by atoms with van der Waals surface area (Å²) in [5.41, 5.74) is 2.60. The van der Waals surface area contributed by atoms with Crippen molar-refractivity contribution in [2.24, 2.45) is 5.92 Å². The maximum absolute atomic E-state index is 12.8. The zero-order valence-corrected chi connectivity index (χ0v) is 18.8. The Morgan fingerprint density at radius 1 is 1.35 bits per heavy atom. The van der Waals surface area contributed by atoms with Gasteiger partial charge in [0, 0.05) is 43.0 Å². The molecular formula is C23H28N4O3S. The van der Waals surface area contributed by atoms with Gasteiger partial charge in [-0.25, -0.2) is 4.98 Å². The van der Waals surface area contributed by atoms with Gasteiger partial charge in [0.2, 0.25) is 11.8 Å². The fourth-order valence-electron chi connectivity index (χ4n) is 4.11. The number of carbonyl (C=O) groups excluding carboxylic acids is 2. The summed E-state index contributed by atoms with van der Waals surface area (Å²) in [5, 5.41) is 4.97. The number of methoxy groups -OCH3 is 1. The molecule has 31 heavy (non-hydrogen) atoms. The highest BCUT2D eigenvalue weighted by Crippen LogP contribution is 2.24. The molecule has 3 aromatic rings. The van der Waals surface area contributed by atoms with Crippen LogP contribution in [0.4, 0.5) is 5.69 Å². The summed E-state index contributed by atoms with van der Waals surface area (Å²) in [6, 6.07) is 5.62. The van der Waals surface area contributed by atoms with Gasteiger partial charge in [0.15, 0.2) is 4.96 Å². The number of imidazole rings is 1. The molecule has 7 nitrogen and oxygen atoms in total. The average Bonchev–Trinajstić information content (AvgIpc) is 3.35. The Balaban J connectivity index is 1.26. The van der Waals surface area contributed by atoms with E-state index in [1.54, 1.807) is 18.4 Å². The quantitative estimate of drug-likeness (QED) is 0.604. The molecule has 4 rings (SSSR count). The molecule has 164 valence electrons. The van der Waals surface area contributed by atoms with Crippen LogP contribution in [0.15, 0.2) is 36.0 Å². The average molecular weight is 441 g/mol. The van der Waals surface area contributed by atoms with Crippen molar-refractivity contribution in [2.75, 3.05) is 25.5 Å². The fourth-order valence-corrected chi connectivity index (χ4v) is 4.83. The Morgan fingerprint density at radius 2 is 2.23 bits per heavy atom. The minimum atomic E-state index is 0.00907. The predicted molar refractivity (Wildman–Crippen MR) is 122 cm³/mol. The Labute approximate surface area is 186 Å². The van der Waals surface area contributed by atoms with E-state index in [1.165, 1.54) is 0 Å². The number of nitrogens with one attached hydrogen (secondary N) is 1. The summed E-state index contributed by atoms with van der Waals surface area (Å²) in [6.07, 6.45) is 7.48. The van der Waals surface area contributed by atoms with E-state index in [4.69, 9.17) is 4.74 Å². The van der Waals surface area contributed by atoms with E-state index in [1.807, 2.05) is 52.2 Å². The number of benzene rings is 1. The number of anilines is 1. The molecule has 3 heterocycles. The van der Waals surface area contributed by atoms with Crippen LogP contribution in [-0.4, -0.2) is 46.3 Å². The topological polar surface area (TPSA) is 75.9 Å². The number of hydrogen-bond donors (Lipinski definition) is 1. The minimum Gasteiger partial charge on any atom is -0.497 e. The van der Waals surface area contributed by atoms with Crippen LogP contribution in [0.2, 0.25) is 0 Å². The van der Waals surface area contributed by atoms with E-state index in [0.29, 0.717) is 18.8 Å². The smallest absolute Gasteiger partial charge is 0.228 e. The Morgan fingerprint density at radius 3 is 3.00 bits per heavy atom.